The summed E-state index contributed by atoms with van der Waals surface area (Å²) in [4.78, 5) is 26.7. The van der Waals surface area contributed by atoms with Gasteiger partial charge in [-0.25, -0.2) is 11.6 Å². The minimum Gasteiger partial charge on any atom is -0.393 e. The number of H-pyrrole nitrogens is 1. The van der Waals surface area contributed by atoms with Crippen molar-refractivity contribution in [2.75, 3.05) is 5.32 Å². The highest BCUT2D eigenvalue weighted by Gasteiger charge is 2.43. The van der Waals surface area contributed by atoms with E-state index in [0.29, 0.717) is 31.4 Å². The number of carbonyl (C=O) groups excluding carboxylic acids is 1. The third kappa shape index (κ3) is 4.23. The van der Waals surface area contributed by atoms with Gasteiger partial charge in [-0.3, -0.25) is 9.78 Å². The highest BCUT2D eigenvalue weighted by atomic mass is 16.3. The number of hydrogen-bond acceptors (Lipinski definition) is 3. The number of amides is 1. The number of aromatic nitrogens is 2. The van der Waals surface area contributed by atoms with E-state index in [4.69, 9.17) is 13.1 Å². The third-order valence-corrected chi connectivity index (χ3v) is 6.34. The van der Waals surface area contributed by atoms with Crippen LogP contribution in [-0.4, -0.2) is 27.1 Å². The van der Waals surface area contributed by atoms with Gasteiger partial charge < -0.3 is 20.1 Å². The number of hydrogen-bond donors (Lipinski definition) is 3. The van der Waals surface area contributed by atoms with E-state index >= 15 is 0 Å². The number of aliphatic hydroxyl groups is 1. The number of allylic oxidation sites excluding steroid dienone is 2. The van der Waals surface area contributed by atoms with Crippen molar-refractivity contribution in [3.05, 3.63) is 70.3 Å². The Kier molecular flexibility index (Phi) is 5.88. The zero-order valence-electron chi connectivity index (χ0n) is 17.3. The average Bonchev–Trinajstić information content (AvgIpc) is 3.30. The zero-order valence-corrected chi connectivity index (χ0v) is 17.3. The lowest BCUT2D eigenvalue weighted by Gasteiger charge is -2.30. The summed E-state index contributed by atoms with van der Waals surface area (Å²) < 4.78 is 0. The Balaban J connectivity index is 1.70. The lowest BCUT2D eigenvalue weighted by Crippen LogP contribution is -2.30. The first-order valence-electron chi connectivity index (χ1n) is 10.7. The molecule has 1 aromatic heterocycles. The van der Waals surface area contributed by atoms with Gasteiger partial charge in [0.2, 0.25) is 5.82 Å². The van der Waals surface area contributed by atoms with Crippen LogP contribution in [0.3, 0.4) is 0 Å². The van der Waals surface area contributed by atoms with E-state index < -0.39 is 11.4 Å². The molecular weight excluding hydrogens is 390 g/mol. The van der Waals surface area contributed by atoms with Crippen molar-refractivity contribution in [3.8, 4) is 0 Å². The van der Waals surface area contributed by atoms with Crippen LogP contribution in [-0.2, 0) is 5.54 Å². The molecular formula is C24H25N5O2. The summed E-state index contributed by atoms with van der Waals surface area (Å²) >= 11 is 0. The maximum Gasteiger partial charge on any atom is 0.314 e. The molecule has 2 aliphatic carbocycles. The van der Waals surface area contributed by atoms with Gasteiger partial charge in [-0.1, -0.05) is 12.6 Å². The summed E-state index contributed by atoms with van der Waals surface area (Å²) in [7, 11) is 0. The number of nitrogens with one attached hydrogen (secondary N) is 2. The molecule has 2 aliphatic rings. The van der Waals surface area contributed by atoms with Crippen molar-refractivity contribution in [3.63, 3.8) is 0 Å². The van der Waals surface area contributed by atoms with Gasteiger partial charge in [-0.2, -0.15) is 0 Å². The van der Waals surface area contributed by atoms with E-state index in [1.54, 1.807) is 0 Å². The van der Waals surface area contributed by atoms with Crippen LogP contribution in [0.1, 0.15) is 73.1 Å². The van der Waals surface area contributed by atoms with Gasteiger partial charge in [0.15, 0.2) is 0 Å². The van der Waals surface area contributed by atoms with Gasteiger partial charge in [0, 0.05) is 29.7 Å². The first kappa shape index (κ1) is 20.8. The standard InChI is InChI=1S/C24H25N5O2/c1-25-21-15-27-22(29-21)23(31)28-20-9-8-17(14-19(20)16-6-4-3-5-7-16)24(26-2)12-10-18(30)11-13-24/h6,8-9,14-15,18,30H,3-5,7,10-13H2,(H,27,29)(H,28,31). The Bertz CT molecular complexity index is 1090. The topological polar surface area (TPSA) is 86.7 Å². The van der Waals surface area contributed by atoms with Crippen LogP contribution in [0.2, 0.25) is 0 Å². The maximum absolute atomic E-state index is 12.7. The number of nitrogens with zero attached hydrogens (tertiary/aromatic N) is 3. The summed E-state index contributed by atoms with van der Waals surface area (Å²) in [5.41, 5.74) is 3.12. The molecule has 0 bridgehead atoms. The first-order chi connectivity index (χ1) is 15.0. The molecule has 1 saturated carbocycles. The minimum absolute atomic E-state index is 0.0950. The fraction of sp³-hybridized carbons (Fsp3) is 0.417. The smallest absolute Gasteiger partial charge is 0.314 e. The van der Waals surface area contributed by atoms with Crippen molar-refractivity contribution >= 4 is 23.0 Å². The van der Waals surface area contributed by atoms with Crippen molar-refractivity contribution < 1.29 is 9.90 Å². The molecule has 0 saturated heterocycles. The molecule has 7 nitrogen and oxygen atoms in total. The summed E-state index contributed by atoms with van der Waals surface area (Å²) in [6.45, 7) is 14.9. The summed E-state index contributed by atoms with van der Waals surface area (Å²) in [5, 5.41) is 12.9. The van der Waals surface area contributed by atoms with Crippen LogP contribution in [0.4, 0.5) is 11.5 Å². The number of aliphatic hydroxyl groups excluding tert-OH is 1. The van der Waals surface area contributed by atoms with Crippen molar-refractivity contribution in [2.24, 2.45) is 0 Å². The second-order valence-corrected chi connectivity index (χ2v) is 8.29. The maximum atomic E-state index is 12.7. The number of carbonyl (C=O) groups is 1. The van der Waals surface area contributed by atoms with Crippen LogP contribution >= 0.6 is 0 Å². The lowest BCUT2D eigenvalue weighted by molar-refractivity contribution is 0.101. The van der Waals surface area contributed by atoms with Gasteiger partial charge in [0.25, 0.3) is 11.4 Å². The predicted octanol–water partition coefficient (Wildman–Crippen LogP) is 5.22. The molecule has 0 aliphatic heterocycles. The van der Waals surface area contributed by atoms with Crippen molar-refractivity contribution in [1.82, 2.24) is 9.97 Å². The van der Waals surface area contributed by atoms with E-state index in [0.717, 1.165) is 36.8 Å². The molecule has 4 rings (SSSR count). The molecule has 1 amide bonds. The van der Waals surface area contributed by atoms with Gasteiger partial charge >= 0.3 is 5.91 Å². The Morgan fingerprint density at radius 2 is 2.06 bits per heavy atom. The largest absolute Gasteiger partial charge is 0.393 e. The Labute approximate surface area is 181 Å². The SMILES string of the molecule is [C-]#[N+]c1cnc(C(=O)Nc2ccc(C3([N+]#[C-])CCC(O)CC3)cc2C2=CCCCC2)[nH]1. The van der Waals surface area contributed by atoms with Gasteiger partial charge in [-0.15, -0.1) is 0 Å². The van der Waals surface area contributed by atoms with Crippen LogP contribution in [0.5, 0.6) is 0 Å². The van der Waals surface area contributed by atoms with Crippen LogP contribution in [0, 0.1) is 13.1 Å². The lowest BCUT2D eigenvalue weighted by atomic mass is 9.75. The second-order valence-electron chi connectivity index (χ2n) is 8.29. The molecule has 7 heteroatoms. The Morgan fingerprint density at radius 1 is 1.26 bits per heavy atom. The predicted molar refractivity (Wildman–Crippen MR) is 118 cm³/mol. The highest BCUT2D eigenvalue weighted by Crippen LogP contribution is 2.43. The Morgan fingerprint density at radius 3 is 2.71 bits per heavy atom. The number of aromatic amines is 1. The van der Waals surface area contributed by atoms with Crippen molar-refractivity contribution in [1.29, 1.82) is 0 Å². The molecule has 1 aromatic carbocycles. The molecule has 3 N–H and O–H groups in total. The molecule has 2 aromatic rings. The number of anilines is 1. The first-order valence-corrected chi connectivity index (χ1v) is 10.7. The molecule has 1 fully saturated rings. The molecule has 0 atom stereocenters. The molecule has 1 heterocycles. The zero-order chi connectivity index (χ0) is 21.8. The summed E-state index contributed by atoms with van der Waals surface area (Å²) in [6, 6.07) is 5.84. The van der Waals surface area contributed by atoms with E-state index in [1.165, 1.54) is 11.8 Å². The fourth-order valence-corrected chi connectivity index (χ4v) is 4.50. The van der Waals surface area contributed by atoms with Crippen LogP contribution in [0.15, 0.2) is 30.5 Å². The normalized spacial score (nSPS) is 23.3. The van der Waals surface area contributed by atoms with Gasteiger partial charge in [0.1, 0.15) is 0 Å². The van der Waals surface area contributed by atoms with Crippen LogP contribution in [0.25, 0.3) is 15.3 Å². The average molecular weight is 415 g/mol. The molecule has 158 valence electrons. The van der Waals surface area contributed by atoms with E-state index in [2.05, 4.69) is 37.1 Å². The summed E-state index contributed by atoms with van der Waals surface area (Å²) in [5.74, 6) is -0.0901. The minimum atomic E-state index is -0.628. The summed E-state index contributed by atoms with van der Waals surface area (Å²) in [6.07, 6.45) is 9.92. The second kappa shape index (κ2) is 8.75. The highest BCUT2D eigenvalue weighted by molar-refractivity contribution is 6.03. The third-order valence-electron chi connectivity index (χ3n) is 6.34. The van der Waals surface area contributed by atoms with Gasteiger partial charge in [0.05, 0.1) is 12.3 Å². The Hall–Kier alpha value is -3.42. The molecule has 31 heavy (non-hydrogen) atoms. The van der Waals surface area contributed by atoms with E-state index in [-0.39, 0.29) is 17.7 Å². The molecule has 0 unspecified atom stereocenters. The van der Waals surface area contributed by atoms with Crippen LogP contribution < -0.4 is 5.32 Å². The monoisotopic (exact) mass is 415 g/mol. The fourth-order valence-electron chi connectivity index (χ4n) is 4.50. The van der Waals surface area contributed by atoms with E-state index in [1.807, 2.05) is 12.1 Å². The number of rotatable bonds is 4. The quantitative estimate of drug-likeness (QED) is 0.599. The number of imidazole rings is 1. The van der Waals surface area contributed by atoms with Crippen molar-refractivity contribution in [2.45, 2.75) is 63.0 Å². The van der Waals surface area contributed by atoms with E-state index in [9.17, 15) is 9.90 Å². The number of benzene rings is 1. The molecule has 0 spiro atoms. The van der Waals surface area contributed by atoms with Gasteiger partial charge in [-0.05, 0) is 62.3 Å². The molecule has 0 radical (unpaired) electrons.